The lowest BCUT2D eigenvalue weighted by molar-refractivity contribution is -0.116. The predicted molar refractivity (Wildman–Crippen MR) is 91.0 cm³/mol. The van der Waals surface area contributed by atoms with E-state index in [1.165, 1.54) is 11.6 Å². The van der Waals surface area contributed by atoms with Crippen LogP contribution in [0.2, 0.25) is 0 Å². The van der Waals surface area contributed by atoms with Crippen molar-refractivity contribution in [3.63, 3.8) is 0 Å². The van der Waals surface area contributed by atoms with Crippen LogP contribution in [-0.2, 0) is 11.2 Å². The van der Waals surface area contributed by atoms with Crippen molar-refractivity contribution in [1.82, 2.24) is 5.32 Å². The average molecular weight is 303 g/mol. The van der Waals surface area contributed by atoms with E-state index in [1.54, 1.807) is 6.08 Å². The van der Waals surface area contributed by atoms with Crippen molar-refractivity contribution < 1.29 is 9.53 Å². The zero-order valence-corrected chi connectivity index (χ0v) is 12.7. The summed E-state index contributed by atoms with van der Waals surface area (Å²) in [5.74, 6) is 6.73. The monoisotopic (exact) mass is 303 g/mol. The van der Waals surface area contributed by atoms with Crippen LogP contribution in [-0.4, -0.2) is 19.1 Å². The molecule has 0 saturated heterocycles. The number of hydrogen-bond donors (Lipinski definition) is 1. The van der Waals surface area contributed by atoms with Gasteiger partial charge in [0.15, 0.2) is 0 Å². The van der Waals surface area contributed by atoms with E-state index in [2.05, 4.69) is 23.2 Å². The van der Waals surface area contributed by atoms with Crippen LogP contribution in [0.5, 0.6) is 5.75 Å². The normalized spacial score (nSPS) is 12.2. The van der Waals surface area contributed by atoms with E-state index in [4.69, 9.17) is 4.74 Å². The molecule has 0 unspecified atom stereocenters. The largest absolute Gasteiger partial charge is 0.493 e. The van der Waals surface area contributed by atoms with Gasteiger partial charge in [-0.1, -0.05) is 36.1 Å². The van der Waals surface area contributed by atoms with Crippen LogP contribution in [0.1, 0.15) is 16.7 Å². The number of hydrogen-bond acceptors (Lipinski definition) is 2. The third-order valence-corrected chi connectivity index (χ3v) is 3.50. The summed E-state index contributed by atoms with van der Waals surface area (Å²) in [5.41, 5.74) is 3.14. The summed E-state index contributed by atoms with van der Waals surface area (Å²) in [6.45, 7) is 1.07. The fourth-order valence-electron chi connectivity index (χ4n) is 2.34. The molecule has 0 aliphatic carbocycles. The molecule has 0 atom stereocenters. The minimum Gasteiger partial charge on any atom is -0.493 e. The standard InChI is InChI=1S/C20H17NO2/c22-20(21-13-4-7-16-5-2-1-3-6-16)11-9-17-8-10-19-18(15-17)12-14-23-19/h1-3,5-6,8-11,15H,12-14H2,(H,21,22)/b11-9+. The van der Waals surface area contributed by atoms with E-state index in [9.17, 15) is 4.79 Å². The summed E-state index contributed by atoms with van der Waals surface area (Å²) in [4.78, 5) is 11.8. The summed E-state index contributed by atoms with van der Waals surface area (Å²) in [7, 11) is 0. The van der Waals surface area contributed by atoms with Gasteiger partial charge in [0, 0.05) is 18.1 Å². The molecule has 1 amide bonds. The van der Waals surface area contributed by atoms with Gasteiger partial charge in [-0.2, -0.15) is 0 Å². The molecule has 1 N–H and O–H groups in total. The third-order valence-electron chi connectivity index (χ3n) is 3.50. The molecule has 0 spiro atoms. The molecule has 3 rings (SSSR count). The molecule has 0 fully saturated rings. The minimum atomic E-state index is -0.149. The Bertz CT molecular complexity index is 782. The highest BCUT2D eigenvalue weighted by Gasteiger charge is 2.10. The Hall–Kier alpha value is -2.99. The smallest absolute Gasteiger partial charge is 0.244 e. The molecular weight excluding hydrogens is 286 g/mol. The highest BCUT2D eigenvalue weighted by Crippen LogP contribution is 2.26. The summed E-state index contributed by atoms with van der Waals surface area (Å²) >= 11 is 0. The first kappa shape index (κ1) is 14.9. The van der Waals surface area contributed by atoms with E-state index in [-0.39, 0.29) is 5.91 Å². The van der Waals surface area contributed by atoms with Gasteiger partial charge in [0.05, 0.1) is 13.2 Å². The van der Waals surface area contributed by atoms with Crippen molar-refractivity contribution in [3.8, 4) is 17.6 Å². The lowest BCUT2D eigenvalue weighted by Gasteiger charge is -2.00. The second kappa shape index (κ2) is 7.33. The van der Waals surface area contributed by atoms with Gasteiger partial charge in [0.2, 0.25) is 5.91 Å². The quantitative estimate of drug-likeness (QED) is 0.699. The first-order valence-electron chi connectivity index (χ1n) is 7.57. The number of fused-ring (bicyclic) bond motifs is 1. The zero-order valence-electron chi connectivity index (χ0n) is 12.7. The molecule has 0 radical (unpaired) electrons. The Kier molecular flexibility index (Phi) is 4.76. The molecule has 0 saturated carbocycles. The van der Waals surface area contributed by atoms with E-state index in [0.29, 0.717) is 6.54 Å². The van der Waals surface area contributed by atoms with Gasteiger partial charge in [-0.25, -0.2) is 0 Å². The van der Waals surface area contributed by atoms with E-state index in [1.807, 2.05) is 42.5 Å². The molecule has 0 aromatic heterocycles. The van der Waals surface area contributed by atoms with E-state index in [0.717, 1.165) is 29.9 Å². The Balaban J connectivity index is 1.50. The van der Waals surface area contributed by atoms with Gasteiger partial charge in [-0.05, 0) is 41.5 Å². The summed E-state index contributed by atoms with van der Waals surface area (Å²) < 4.78 is 5.46. The van der Waals surface area contributed by atoms with Crippen molar-refractivity contribution >= 4 is 12.0 Å². The van der Waals surface area contributed by atoms with Crippen LogP contribution in [0.25, 0.3) is 6.08 Å². The number of carbonyl (C=O) groups is 1. The van der Waals surface area contributed by atoms with Crippen molar-refractivity contribution in [2.45, 2.75) is 6.42 Å². The molecule has 0 bridgehead atoms. The highest BCUT2D eigenvalue weighted by atomic mass is 16.5. The molecular formula is C20H17NO2. The molecule has 1 heterocycles. The Morgan fingerprint density at radius 1 is 1.22 bits per heavy atom. The average Bonchev–Trinajstić information content (AvgIpc) is 3.05. The van der Waals surface area contributed by atoms with E-state index < -0.39 is 0 Å². The number of ether oxygens (including phenoxy) is 1. The van der Waals surface area contributed by atoms with Crippen LogP contribution >= 0.6 is 0 Å². The van der Waals surface area contributed by atoms with Gasteiger partial charge in [-0.3, -0.25) is 4.79 Å². The van der Waals surface area contributed by atoms with Crippen molar-refractivity contribution in [2.75, 3.05) is 13.2 Å². The lowest BCUT2D eigenvalue weighted by atomic mass is 10.1. The second-order valence-corrected chi connectivity index (χ2v) is 5.18. The summed E-state index contributed by atoms with van der Waals surface area (Å²) in [6.07, 6.45) is 4.26. The van der Waals surface area contributed by atoms with E-state index >= 15 is 0 Å². The fraction of sp³-hybridized carbons (Fsp3) is 0.150. The third kappa shape index (κ3) is 4.24. The Morgan fingerprint density at radius 3 is 2.96 bits per heavy atom. The van der Waals surface area contributed by atoms with Gasteiger partial charge in [-0.15, -0.1) is 0 Å². The van der Waals surface area contributed by atoms with Gasteiger partial charge in [0.25, 0.3) is 0 Å². The molecule has 3 heteroatoms. The second-order valence-electron chi connectivity index (χ2n) is 5.18. The Morgan fingerprint density at radius 2 is 2.09 bits per heavy atom. The van der Waals surface area contributed by atoms with Gasteiger partial charge in [0.1, 0.15) is 5.75 Å². The minimum absolute atomic E-state index is 0.149. The SMILES string of the molecule is O=C(/C=C/c1ccc2c(c1)CCO2)NCC#Cc1ccccc1. The highest BCUT2D eigenvalue weighted by molar-refractivity contribution is 5.91. The maximum absolute atomic E-state index is 11.8. The predicted octanol–water partition coefficient (Wildman–Crippen LogP) is 2.80. The first-order valence-corrected chi connectivity index (χ1v) is 7.57. The Labute approximate surface area is 136 Å². The van der Waals surface area contributed by atoms with Crippen LogP contribution in [0.3, 0.4) is 0 Å². The van der Waals surface area contributed by atoms with Crippen molar-refractivity contribution in [2.24, 2.45) is 0 Å². The number of nitrogens with one attached hydrogen (secondary N) is 1. The summed E-state index contributed by atoms with van der Waals surface area (Å²) in [5, 5.41) is 2.75. The molecule has 1 aliphatic heterocycles. The zero-order chi connectivity index (χ0) is 15.9. The molecule has 114 valence electrons. The van der Waals surface area contributed by atoms with Crippen LogP contribution in [0, 0.1) is 11.8 Å². The number of carbonyl (C=O) groups excluding carboxylic acids is 1. The molecule has 1 aliphatic rings. The number of benzene rings is 2. The lowest BCUT2D eigenvalue weighted by Crippen LogP contribution is -2.20. The summed E-state index contributed by atoms with van der Waals surface area (Å²) in [6, 6.07) is 15.6. The van der Waals surface area contributed by atoms with Crippen LogP contribution < -0.4 is 10.1 Å². The van der Waals surface area contributed by atoms with Crippen LogP contribution in [0.15, 0.2) is 54.6 Å². The van der Waals surface area contributed by atoms with Crippen molar-refractivity contribution in [3.05, 3.63) is 71.3 Å². The molecule has 3 nitrogen and oxygen atoms in total. The molecule has 2 aromatic carbocycles. The first-order chi connectivity index (χ1) is 11.3. The molecule has 2 aromatic rings. The van der Waals surface area contributed by atoms with Gasteiger partial charge >= 0.3 is 0 Å². The maximum atomic E-state index is 11.8. The maximum Gasteiger partial charge on any atom is 0.244 e. The van der Waals surface area contributed by atoms with Crippen LogP contribution in [0.4, 0.5) is 0 Å². The fourth-order valence-corrected chi connectivity index (χ4v) is 2.34. The molecule has 23 heavy (non-hydrogen) atoms. The number of amides is 1. The van der Waals surface area contributed by atoms with Gasteiger partial charge < -0.3 is 10.1 Å². The number of rotatable bonds is 3. The topological polar surface area (TPSA) is 38.3 Å². The van der Waals surface area contributed by atoms with Crippen molar-refractivity contribution in [1.29, 1.82) is 0 Å².